The zero-order valence-corrected chi connectivity index (χ0v) is 12.4. The van der Waals surface area contributed by atoms with Crippen molar-refractivity contribution in [3.8, 4) is 0 Å². The molecule has 0 aliphatic rings. The van der Waals surface area contributed by atoms with E-state index in [2.05, 4.69) is 15.4 Å². The lowest BCUT2D eigenvalue weighted by molar-refractivity contribution is 0.720. The standard InChI is InChI=1S/C15H15N5S/c1-20-10(6-7-18-20)9-17-14-8-12(15(16)21)11-4-2-3-5-13(11)19-14/h2-8H,9H2,1H3,(H2,16,21)(H,17,19). The summed E-state index contributed by atoms with van der Waals surface area (Å²) in [5.41, 5.74) is 8.60. The van der Waals surface area contributed by atoms with Crippen molar-refractivity contribution in [2.45, 2.75) is 6.54 Å². The number of aromatic nitrogens is 3. The molecule has 0 radical (unpaired) electrons. The summed E-state index contributed by atoms with van der Waals surface area (Å²) < 4.78 is 1.82. The number of aryl methyl sites for hydroxylation is 1. The number of hydrogen-bond acceptors (Lipinski definition) is 4. The Hall–Kier alpha value is -2.47. The van der Waals surface area contributed by atoms with E-state index in [1.54, 1.807) is 6.20 Å². The van der Waals surface area contributed by atoms with E-state index >= 15 is 0 Å². The molecule has 106 valence electrons. The van der Waals surface area contributed by atoms with Gasteiger partial charge in [-0.1, -0.05) is 30.4 Å². The van der Waals surface area contributed by atoms with Gasteiger partial charge >= 0.3 is 0 Å². The Bertz CT molecular complexity index is 809. The molecule has 2 heterocycles. The number of nitrogens with one attached hydrogen (secondary N) is 1. The molecule has 0 atom stereocenters. The van der Waals surface area contributed by atoms with Crippen LogP contribution in [0.2, 0.25) is 0 Å². The van der Waals surface area contributed by atoms with Crippen LogP contribution in [-0.4, -0.2) is 19.8 Å². The molecule has 0 aliphatic heterocycles. The third-order valence-corrected chi connectivity index (χ3v) is 3.57. The zero-order chi connectivity index (χ0) is 14.8. The molecule has 0 fully saturated rings. The second-order valence-corrected chi connectivity index (χ2v) is 5.18. The van der Waals surface area contributed by atoms with Crippen molar-refractivity contribution < 1.29 is 0 Å². The van der Waals surface area contributed by atoms with Gasteiger partial charge in [0.15, 0.2) is 0 Å². The summed E-state index contributed by atoms with van der Waals surface area (Å²) in [6.45, 7) is 0.638. The average molecular weight is 297 g/mol. The summed E-state index contributed by atoms with van der Waals surface area (Å²) >= 11 is 5.14. The van der Waals surface area contributed by atoms with Crippen LogP contribution >= 0.6 is 12.2 Å². The van der Waals surface area contributed by atoms with Crippen molar-refractivity contribution in [3.05, 3.63) is 53.9 Å². The molecular formula is C15H15N5S. The van der Waals surface area contributed by atoms with E-state index in [1.807, 2.05) is 48.1 Å². The molecule has 21 heavy (non-hydrogen) atoms. The van der Waals surface area contributed by atoms with Gasteiger partial charge in [-0.25, -0.2) is 4.98 Å². The quantitative estimate of drug-likeness (QED) is 0.723. The fourth-order valence-electron chi connectivity index (χ4n) is 2.23. The van der Waals surface area contributed by atoms with E-state index in [4.69, 9.17) is 18.0 Å². The lowest BCUT2D eigenvalue weighted by atomic mass is 10.1. The van der Waals surface area contributed by atoms with Crippen molar-refractivity contribution in [2.24, 2.45) is 12.8 Å². The number of para-hydroxylation sites is 1. The molecular weight excluding hydrogens is 282 g/mol. The minimum Gasteiger partial charge on any atom is -0.389 e. The number of anilines is 1. The second kappa shape index (κ2) is 5.49. The molecule has 0 saturated carbocycles. The SMILES string of the molecule is Cn1nccc1CNc1cc(C(N)=S)c2ccccc2n1. The van der Waals surface area contributed by atoms with Crippen LogP contribution in [-0.2, 0) is 13.6 Å². The number of thiocarbonyl (C=S) groups is 1. The molecule has 0 unspecified atom stereocenters. The van der Waals surface area contributed by atoms with E-state index in [-0.39, 0.29) is 0 Å². The normalized spacial score (nSPS) is 10.7. The van der Waals surface area contributed by atoms with Crippen molar-refractivity contribution in [2.75, 3.05) is 5.32 Å². The van der Waals surface area contributed by atoms with Gasteiger partial charge < -0.3 is 11.1 Å². The van der Waals surface area contributed by atoms with Gasteiger partial charge in [-0.05, 0) is 18.2 Å². The minimum absolute atomic E-state index is 0.372. The van der Waals surface area contributed by atoms with Gasteiger partial charge in [0.2, 0.25) is 0 Å². The highest BCUT2D eigenvalue weighted by atomic mass is 32.1. The van der Waals surface area contributed by atoms with Crippen LogP contribution in [0.1, 0.15) is 11.3 Å². The van der Waals surface area contributed by atoms with E-state index in [9.17, 15) is 0 Å². The molecule has 3 rings (SSSR count). The summed E-state index contributed by atoms with van der Waals surface area (Å²) in [5, 5.41) is 8.40. The van der Waals surface area contributed by atoms with Crippen LogP contribution in [0.5, 0.6) is 0 Å². The topological polar surface area (TPSA) is 68.8 Å². The number of pyridine rings is 1. The summed E-state index contributed by atoms with van der Waals surface area (Å²) in [5.74, 6) is 0.748. The van der Waals surface area contributed by atoms with Gasteiger partial charge in [-0.3, -0.25) is 4.68 Å². The molecule has 0 spiro atoms. The van der Waals surface area contributed by atoms with Crippen LogP contribution < -0.4 is 11.1 Å². The van der Waals surface area contributed by atoms with Gasteiger partial charge in [-0.2, -0.15) is 5.10 Å². The van der Waals surface area contributed by atoms with Crippen LogP contribution in [0, 0.1) is 0 Å². The Morgan fingerprint density at radius 3 is 2.86 bits per heavy atom. The maximum absolute atomic E-state index is 5.83. The number of nitrogens with zero attached hydrogens (tertiary/aromatic N) is 3. The van der Waals surface area contributed by atoms with Crippen LogP contribution in [0.25, 0.3) is 10.9 Å². The van der Waals surface area contributed by atoms with E-state index < -0.39 is 0 Å². The van der Waals surface area contributed by atoms with E-state index in [0.29, 0.717) is 11.5 Å². The molecule has 0 amide bonds. The lowest BCUT2D eigenvalue weighted by Crippen LogP contribution is -2.12. The monoisotopic (exact) mass is 297 g/mol. The summed E-state index contributed by atoms with van der Waals surface area (Å²) in [6, 6.07) is 11.7. The molecule has 3 N–H and O–H groups in total. The van der Waals surface area contributed by atoms with Gasteiger partial charge in [0.25, 0.3) is 0 Å². The smallest absolute Gasteiger partial charge is 0.127 e. The third-order valence-electron chi connectivity index (χ3n) is 3.35. The van der Waals surface area contributed by atoms with Crippen molar-refractivity contribution in [1.29, 1.82) is 0 Å². The molecule has 0 saturated heterocycles. The first-order valence-corrected chi connectivity index (χ1v) is 6.96. The number of nitrogens with two attached hydrogens (primary N) is 1. The molecule has 2 aromatic heterocycles. The highest BCUT2D eigenvalue weighted by Crippen LogP contribution is 2.21. The first-order chi connectivity index (χ1) is 10.1. The van der Waals surface area contributed by atoms with Crippen LogP contribution in [0.15, 0.2) is 42.6 Å². The molecule has 6 heteroatoms. The minimum atomic E-state index is 0.372. The Kier molecular flexibility index (Phi) is 3.53. The highest BCUT2D eigenvalue weighted by molar-refractivity contribution is 7.80. The van der Waals surface area contributed by atoms with E-state index in [1.165, 1.54) is 0 Å². The maximum atomic E-state index is 5.83. The zero-order valence-electron chi connectivity index (χ0n) is 11.6. The third kappa shape index (κ3) is 2.71. The van der Waals surface area contributed by atoms with Crippen molar-refractivity contribution in [3.63, 3.8) is 0 Å². The van der Waals surface area contributed by atoms with Crippen LogP contribution in [0.3, 0.4) is 0 Å². The number of rotatable bonds is 4. The molecule has 5 nitrogen and oxygen atoms in total. The first kappa shape index (κ1) is 13.5. The van der Waals surface area contributed by atoms with Gasteiger partial charge in [0.05, 0.1) is 17.8 Å². The van der Waals surface area contributed by atoms with Gasteiger partial charge in [0.1, 0.15) is 10.8 Å². The predicted molar refractivity (Wildman–Crippen MR) is 88.2 cm³/mol. The van der Waals surface area contributed by atoms with E-state index in [0.717, 1.165) is 28.0 Å². The predicted octanol–water partition coefficient (Wildman–Crippen LogP) is 2.21. The Labute approximate surface area is 127 Å². The van der Waals surface area contributed by atoms with Crippen molar-refractivity contribution in [1.82, 2.24) is 14.8 Å². The molecule has 0 bridgehead atoms. The summed E-state index contributed by atoms with van der Waals surface area (Å²) in [4.78, 5) is 4.96. The number of hydrogen-bond donors (Lipinski definition) is 2. The largest absolute Gasteiger partial charge is 0.389 e. The fraction of sp³-hybridized carbons (Fsp3) is 0.133. The number of benzene rings is 1. The van der Waals surface area contributed by atoms with Crippen LogP contribution in [0.4, 0.5) is 5.82 Å². The molecule has 0 aliphatic carbocycles. The average Bonchev–Trinajstić information content (AvgIpc) is 2.89. The van der Waals surface area contributed by atoms with Gasteiger partial charge in [-0.15, -0.1) is 0 Å². The first-order valence-electron chi connectivity index (χ1n) is 6.55. The number of fused-ring (bicyclic) bond motifs is 1. The lowest BCUT2D eigenvalue weighted by Gasteiger charge is -2.10. The fourth-order valence-corrected chi connectivity index (χ4v) is 2.39. The Morgan fingerprint density at radius 2 is 2.14 bits per heavy atom. The van der Waals surface area contributed by atoms with Gasteiger partial charge in [0, 0.05) is 24.2 Å². The summed E-state index contributed by atoms with van der Waals surface area (Å²) in [7, 11) is 1.91. The Balaban J connectivity index is 1.95. The summed E-state index contributed by atoms with van der Waals surface area (Å²) in [6.07, 6.45) is 1.77. The molecule has 1 aromatic carbocycles. The molecule has 3 aromatic rings. The highest BCUT2D eigenvalue weighted by Gasteiger charge is 2.08. The Morgan fingerprint density at radius 1 is 1.33 bits per heavy atom. The maximum Gasteiger partial charge on any atom is 0.127 e. The van der Waals surface area contributed by atoms with Crippen molar-refractivity contribution >= 4 is 33.9 Å². The second-order valence-electron chi connectivity index (χ2n) is 4.74.